The van der Waals surface area contributed by atoms with Gasteiger partial charge in [0, 0.05) is 0 Å². The zero-order chi connectivity index (χ0) is 21.6. The van der Waals surface area contributed by atoms with Gasteiger partial charge in [-0.3, -0.25) is 0 Å². The monoisotopic (exact) mass is 400 g/mol. The molecule has 0 amide bonds. The molecule has 0 saturated carbocycles. The van der Waals surface area contributed by atoms with Crippen LogP contribution >= 0.6 is 0 Å². The van der Waals surface area contributed by atoms with Crippen molar-refractivity contribution in [2.45, 2.75) is 34.0 Å². The number of fused-ring (bicyclic) bond motifs is 2. The Kier molecular flexibility index (Phi) is 4.86. The molecule has 3 aromatic carbocycles. The summed E-state index contributed by atoms with van der Waals surface area (Å²) in [5.41, 5.74) is 12.2. The maximum absolute atomic E-state index is 2.38. The minimum atomic E-state index is 0.264. The van der Waals surface area contributed by atoms with Crippen LogP contribution in [0, 0.1) is 12.3 Å². The summed E-state index contributed by atoms with van der Waals surface area (Å²) in [6, 6.07) is 22.7. The Bertz CT molecular complexity index is 1240. The van der Waals surface area contributed by atoms with Gasteiger partial charge >= 0.3 is 0 Å². The highest BCUT2D eigenvalue weighted by Crippen LogP contribution is 2.32. The van der Waals surface area contributed by atoms with Crippen molar-refractivity contribution in [2.75, 3.05) is 0 Å². The van der Waals surface area contributed by atoms with E-state index in [4.69, 9.17) is 0 Å². The first kappa shape index (κ1) is 19.9. The van der Waals surface area contributed by atoms with Gasteiger partial charge < -0.3 is 0 Å². The van der Waals surface area contributed by atoms with Crippen molar-refractivity contribution < 1.29 is 0 Å². The van der Waals surface area contributed by atoms with Crippen LogP contribution in [0.25, 0.3) is 28.9 Å². The minimum Gasteiger partial charge on any atom is -0.0779 e. The smallest absolute Gasteiger partial charge is 0.0779 e. The van der Waals surface area contributed by atoms with E-state index in [1.165, 1.54) is 49.9 Å². The first-order valence-corrected chi connectivity index (χ1v) is 11.3. The summed E-state index contributed by atoms with van der Waals surface area (Å²) < 4.78 is 0. The molecule has 0 N–H and O–H groups in total. The Morgan fingerprint density at radius 1 is 0.710 bits per heavy atom. The maximum atomic E-state index is 2.38. The zero-order valence-corrected chi connectivity index (χ0v) is 18.9. The van der Waals surface area contributed by atoms with Crippen molar-refractivity contribution >= 4 is 35.4 Å². The van der Waals surface area contributed by atoms with Crippen LogP contribution < -0.4 is 10.9 Å². The van der Waals surface area contributed by atoms with Gasteiger partial charge in [-0.15, -0.1) is 0 Å². The van der Waals surface area contributed by atoms with Crippen molar-refractivity contribution in [2.24, 2.45) is 5.41 Å². The third-order valence-electron chi connectivity index (χ3n) is 6.83. The lowest BCUT2D eigenvalue weighted by Gasteiger charge is -2.23. The summed E-state index contributed by atoms with van der Waals surface area (Å²) >= 11 is 0. The Morgan fingerprint density at radius 2 is 1.29 bits per heavy atom. The summed E-state index contributed by atoms with van der Waals surface area (Å²) in [6.45, 7) is 9.42. The van der Waals surface area contributed by atoms with Crippen molar-refractivity contribution in [3.8, 4) is 11.1 Å². The van der Waals surface area contributed by atoms with E-state index >= 15 is 0 Å². The Hall–Kier alpha value is -3.06. The Balaban J connectivity index is 1.51. The second kappa shape index (κ2) is 7.57. The fourth-order valence-electron chi connectivity index (χ4n) is 4.72. The molecule has 0 radical (unpaired) electrons. The van der Waals surface area contributed by atoms with Crippen LogP contribution in [0.4, 0.5) is 0 Å². The van der Waals surface area contributed by atoms with Crippen molar-refractivity contribution in [3.63, 3.8) is 0 Å². The lowest BCUT2D eigenvalue weighted by Crippen LogP contribution is -2.41. The summed E-state index contributed by atoms with van der Waals surface area (Å²) in [7, 11) is 0. The molecular weight excluding hydrogens is 371 g/mol. The van der Waals surface area contributed by atoms with Crippen molar-refractivity contribution in [1.82, 2.24) is 0 Å². The Morgan fingerprint density at radius 3 is 1.90 bits per heavy atom. The standard InChI is InChI=1S/C30H29B/c1-21-5-7-22(8-6-21)24-11-13-28-26(19-24)9-10-27-20-25(12-14-29(27)31(28)4)23-15-17-30(2,3)18-16-23/h5-17,19-20H,18H2,1-4H3. The van der Waals surface area contributed by atoms with Crippen molar-refractivity contribution in [3.05, 3.63) is 101 Å². The van der Waals surface area contributed by atoms with Gasteiger partial charge in [-0.25, -0.2) is 0 Å². The van der Waals surface area contributed by atoms with Crippen LogP contribution in [0.1, 0.15) is 42.5 Å². The van der Waals surface area contributed by atoms with Gasteiger partial charge in [0.2, 0.25) is 6.71 Å². The first-order chi connectivity index (χ1) is 14.9. The predicted molar refractivity (Wildman–Crippen MR) is 138 cm³/mol. The van der Waals surface area contributed by atoms with E-state index in [0.29, 0.717) is 6.71 Å². The predicted octanol–water partition coefficient (Wildman–Crippen LogP) is 6.75. The van der Waals surface area contributed by atoms with E-state index < -0.39 is 0 Å². The SMILES string of the molecule is CB1c2ccc(C3=CCC(C)(C)C=C3)cc2C=Cc2cc(-c3ccc(C)cc3)ccc21. The summed E-state index contributed by atoms with van der Waals surface area (Å²) in [4.78, 5) is 0. The van der Waals surface area contributed by atoms with Crippen LogP contribution in [0.3, 0.4) is 0 Å². The summed E-state index contributed by atoms with van der Waals surface area (Å²) in [6.07, 6.45) is 12.7. The van der Waals surface area contributed by atoms with E-state index in [2.05, 4.69) is 119 Å². The highest BCUT2D eigenvalue weighted by Gasteiger charge is 2.22. The summed E-state index contributed by atoms with van der Waals surface area (Å²) in [5, 5.41) is 0. The van der Waals surface area contributed by atoms with Gasteiger partial charge in [0.25, 0.3) is 0 Å². The van der Waals surface area contributed by atoms with Crippen LogP contribution in [0.15, 0.2) is 78.9 Å². The molecule has 1 heterocycles. The highest BCUT2D eigenvalue weighted by molar-refractivity contribution is 6.85. The van der Waals surface area contributed by atoms with Crippen LogP contribution in [0.5, 0.6) is 0 Å². The van der Waals surface area contributed by atoms with Gasteiger partial charge in [-0.2, -0.15) is 0 Å². The van der Waals surface area contributed by atoms with Gasteiger partial charge in [-0.05, 0) is 64.3 Å². The van der Waals surface area contributed by atoms with Crippen molar-refractivity contribution in [1.29, 1.82) is 0 Å². The number of allylic oxidation sites excluding steroid dienone is 4. The van der Waals surface area contributed by atoms with E-state index in [-0.39, 0.29) is 5.41 Å². The Labute approximate surface area is 187 Å². The van der Waals surface area contributed by atoms with Gasteiger partial charge in [-0.1, -0.05) is 116 Å². The lowest BCUT2D eigenvalue weighted by molar-refractivity contribution is 0.485. The molecule has 1 aliphatic heterocycles. The molecule has 0 aromatic heterocycles. The first-order valence-electron chi connectivity index (χ1n) is 11.3. The number of rotatable bonds is 2. The quantitative estimate of drug-likeness (QED) is 0.417. The molecule has 0 unspecified atom stereocenters. The summed E-state index contributed by atoms with van der Waals surface area (Å²) in [5.74, 6) is 0. The van der Waals surface area contributed by atoms with E-state index in [1.54, 1.807) is 0 Å². The topological polar surface area (TPSA) is 0 Å². The second-order valence-corrected chi connectivity index (χ2v) is 9.79. The number of hydrogen-bond donors (Lipinski definition) is 0. The molecule has 0 saturated heterocycles. The molecular formula is C30H29B. The van der Waals surface area contributed by atoms with Crippen LogP contribution in [-0.4, -0.2) is 6.71 Å². The van der Waals surface area contributed by atoms with Gasteiger partial charge in [0.1, 0.15) is 0 Å². The maximum Gasteiger partial charge on any atom is 0.207 e. The third-order valence-corrected chi connectivity index (χ3v) is 6.83. The average molecular weight is 400 g/mol. The van der Waals surface area contributed by atoms with E-state index in [1.807, 2.05) is 0 Å². The molecule has 0 atom stereocenters. The molecule has 5 rings (SSSR count). The highest BCUT2D eigenvalue weighted by atomic mass is 14.2. The van der Waals surface area contributed by atoms with Gasteiger partial charge in [0.05, 0.1) is 0 Å². The van der Waals surface area contributed by atoms with E-state index in [9.17, 15) is 0 Å². The molecule has 152 valence electrons. The molecule has 2 aliphatic rings. The lowest BCUT2D eigenvalue weighted by atomic mass is 9.41. The molecule has 3 aromatic rings. The normalized spacial score (nSPS) is 16.4. The molecule has 31 heavy (non-hydrogen) atoms. The molecule has 0 fully saturated rings. The average Bonchev–Trinajstić information content (AvgIpc) is 2.90. The molecule has 0 spiro atoms. The molecule has 0 bridgehead atoms. The number of benzene rings is 3. The number of aryl methyl sites for hydroxylation is 1. The molecule has 0 nitrogen and oxygen atoms in total. The second-order valence-electron chi connectivity index (χ2n) is 9.79. The van der Waals surface area contributed by atoms with Gasteiger partial charge in [0.15, 0.2) is 0 Å². The van der Waals surface area contributed by atoms with E-state index in [0.717, 1.165) is 6.42 Å². The molecule has 1 aliphatic carbocycles. The number of hydrogen-bond acceptors (Lipinski definition) is 0. The fraction of sp³-hybridized carbons (Fsp3) is 0.200. The van der Waals surface area contributed by atoms with Crippen LogP contribution in [-0.2, 0) is 0 Å². The largest absolute Gasteiger partial charge is 0.207 e. The fourth-order valence-corrected chi connectivity index (χ4v) is 4.72. The molecule has 1 heteroatoms. The third kappa shape index (κ3) is 3.86. The zero-order valence-electron chi connectivity index (χ0n) is 18.9. The van der Waals surface area contributed by atoms with Crippen LogP contribution in [0.2, 0.25) is 6.82 Å². The minimum absolute atomic E-state index is 0.264.